The fraction of sp³-hybridized carbons (Fsp3) is 0.741. The molecule has 0 aromatic heterocycles. The molecule has 1 atom stereocenters. The summed E-state index contributed by atoms with van der Waals surface area (Å²) in [6.07, 6.45) is 14.5. The van der Waals surface area contributed by atoms with E-state index >= 15 is 0 Å². The number of benzene rings is 1. The van der Waals surface area contributed by atoms with Crippen molar-refractivity contribution in [2.75, 3.05) is 26.4 Å². The molecule has 0 bridgehead atoms. The molecule has 0 aliphatic heterocycles. The topological polar surface area (TPSA) is 44.8 Å². The van der Waals surface area contributed by atoms with Crippen LogP contribution in [0.5, 0.6) is 5.75 Å². The lowest BCUT2D eigenvalue weighted by Crippen LogP contribution is -2.20. The quantitative estimate of drug-likeness (QED) is 0.162. The van der Waals surface area contributed by atoms with Crippen molar-refractivity contribution in [1.29, 1.82) is 0 Å². The zero-order valence-electron chi connectivity index (χ0n) is 20.3. The summed E-state index contributed by atoms with van der Waals surface area (Å²) < 4.78 is 16.6. The van der Waals surface area contributed by atoms with E-state index in [9.17, 15) is 4.79 Å². The third-order valence-corrected chi connectivity index (χ3v) is 5.69. The maximum atomic E-state index is 12.0. The van der Waals surface area contributed by atoms with Crippen LogP contribution in [0.25, 0.3) is 0 Å². The molecular formula is C27H46O4. The van der Waals surface area contributed by atoms with Crippen molar-refractivity contribution in [3.05, 3.63) is 29.8 Å². The Morgan fingerprint density at radius 3 is 2.10 bits per heavy atom. The summed E-state index contributed by atoms with van der Waals surface area (Å²) in [5.74, 6) is 0.810. The Hall–Kier alpha value is -1.55. The number of hydrogen-bond acceptors (Lipinski definition) is 4. The lowest BCUT2D eigenvalue weighted by molar-refractivity contribution is -0.150. The van der Waals surface area contributed by atoms with Crippen molar-refractivity contribution in [2.45, 2.75) is 97.8 Å². The zero-order valence-corrected chi connectivity index (χ0v) is 20.3. The van der Waals surface area contributed by atoms with Gasteiger partial charge in [0, 0.05) is 0 Å². The molecule has 0 saturated carbocycles. The molecule has 1 aromatic carbocycles. The average molecular weight is 435 g/mol. The predicted octanol–water partition coefficient (Wildman–Crippen LogP) is 7.13. The maximum absolute atomic E-state index is 12.0. The second kappa shape index (κ2) is 19.2. The summed E-state index contributed by atoms with van der Waals surface area (Å²) in [5.41, 5.74) is 1.38. The highest BCUT2D eigenvalue weighted by Gasteiger charge is 2.16. The van der Waals surface area contributed by atoms with Gasteiger partial charge in [0.1, 0.15) is 19.0 Å². The van der Waals surface area contributed by atoms with Gasteiger partial charge in [-0.25, -0.2) is 0 Å². The molecule has 0 radical (unpaired) electrons. The molecule has 4 nitrogen and oxygen atoms in total. The lowest BCUT2D eigenvalue weighted by atomic mass is 10.00. The van der Waals surface area contributed by atoms with E-state index in [0.29, 0.717) is 26.4 Å². The first kappa shape index (κ1) is 27.5. The third-order valence-electron chi connectivity index (χ3n) is 5.69. The number of aryl methyl sites for hydroxylation is 1. The highest BCUT2D eigenvalue weighted by Crippen LogP contribution is 2.16. The Morgan fingerprint density at radius 1 is 0.774 bits per heavy atom. The standard InChI is InChI=1S/C27H46O4/c1-4-7-9-10-11-12-13-14-24-16-18-26(19-17-24)30-22-20-29-21-23-31-27(28)25(6-3)15-8-5-2/h16-19,25H,4-15,20-23H2,1-3H3. The summed E-state index contributed by atoms with van der Waals surface area (Å²) in [4.78, 5) is 12.0. The molecule has 31 heavy (non-hydrogen) atoms. The van der Waals surface area contributed by atoms with Crippen molar-refractivity contribution in [3.8, 4) is 5.75 Å². The fourth-order valence-corrected chi connectivity index (χ4v) is 3.62. The van der Waals surface area contributed by atoms with Crippen LogP contribution in [-0.2, 0) is 20.7 Å². The van der Waals surface area contributed by atoms with Crippen molar-refractivity contribution >= 4 is 5.97 Å². The minimum atomic E-state index is -0.0904. The molecule has 178 valence electrons. The monoisotopic (exact) mass is 434 g/mol. The molecule has 1 unspecified atom stereocenters. The van der Waals surface area contributed by atoms with Gasteiger partial charge in [-0.15, -0.1) is 0 Å². The molecule has 0 saturated heterocycles. The first-order chi connectivity index (χ1) is 15.2. The van der Waals surface area contributed by atoms with Crippen molar-refractivity contribution in [3.63, 3.8) is 0 Å². The van der Waals surface area contributed by atoms with Crippen molar-refractivity contribution < 1.29 is 19.0 Å². The van der Waals surface area contributed by atoms with Gasteiger partial charge in [0.15, 0.2) is 0 Å². The van der Waals surface area contributed by atoms with Gasteiger partial charge < -0.3 is 14.2 Å². The van der Waals surface area contributed by atoms with E-state index in [0.717, 1.165) is 37.9 Å². The van der Waals surface area contributed by atoms with Crippen LogP contribution in [0.3, 0.4) is 0 Å². The second-order valence-electron chi connectivity index (χ2n) is 8.39. The molecular weight excluding hydrogens is 388 g/mol. The van der Waals surface area contributed by atoms with Crippen LogP contribution in [0, 0.1) is 5.92 Å². The van der Waals surface area contributed by atoms with Crippen LogP contribution in [0.2, 0.25) is 0 Å². The summed E-state index contributed by atoms with van der Waals surface area (Å²) in [6, 6.07) is 8.41. The van der Waals surface area contributed by atoms with Crippen molar-refractivity contribution in [2.24, 2.45) is 5.92 Å². The number of carbonyl (C=O) groups excluding carboxylic acids is 1. The average Bonchev–Trinajstić information content (AvgIpc) is 2.79. The molecule has 0 aliphatic carbocycles. The molecule has 0 amide bonds. The zero-order chi connectivity index (χ0) is 22.6. The first-order valence-electron chi connectivity index (χ1n) is 12.7. The fourth-order valence-electron chi connectivity index (χ4n) is 3.62. The van der Waals surface area contributed by atoms with E-state index in [1.165, 1.54) is 50.5 Å². The van der Waals surface area contributed by atoms with E-state index in [2.05, 4.69) is 26.0 Å². The van der Waals surface area contributed by atoms with Gasteiger partial charge in [-0.05, 0) is 43.4 Å². The Labute approximate surface area is 191 Å². The van der Waals surface area contributed by atoms with Crippen LogP contribution >= 0.6 is 0 Å². The maximum Gasteiger partial charge on any atom is 0.308 e. The minimum absolute atomic E-state index is 0.0250. The SMILES string of the molecule is CCCCCCCCCc1ccc(OCCOCCOC(=O)C(CC)CCCC)cc1. The van der Waals surface area contributed by atoms with Gasteiger partial charge >= 0.3 is 5.97 Å². The summed E-state index contributed by atoms with van der Waals surface area (Å²) >= 11 is 0. The largest absolute Gasteiger partial charge is 0.491 e. The summed E-state index contributed by atoms with van der Waals surface area (Å²) in [6.45, 7) is 8.16. The van der Waals surface area contributed by atoms with E-state index in [-0.39, 0.29) is 11.9 Å². The van der Waals surface area contributed by atoms with Crippen LogP contribution in [-0.4, -0.2) is 32.4 Å². The van der Waals surface area contributed by atoms with Crippen LogP contribution in [0.4, 0.5) is 0 Å². The van der Waals surface area contributed by atoms with Gasteiger partial charge in [-0.2, -0.15) is 0 Å². The number of unbranched alkanes of at least 4 members (excludes halogenated alkanes) is 7. The normalized spacial score (nSPS) is 12.0. The highest BCUT2D eigenvalue weighted by molar-refractivity contribution is 5.72. The van der Waals surface area contributed by atoms with Crippen LogP contribution < -0.4 is 4.74 Å². The Balaban J connectivity index is 2.04. The smallest absolute Gasteiger partial charge is 0.308 e. The first-order valence-corrected chi connectivity index (χ1v) is 12.7. The molecule has 1 aromatic rings. The summed E-state index contributed by atoms with van der Waals surface area (Å²) in [5, 5.41) is 0. The molecule has 0 heterocycles. The van der Waals surface area contributed by atoms with Gasteiger partial charge in [0.05, 0.1) is 19.1 Å². The number of carbonyl (C=O) groups is 1. The molecule has 1 rings (SSSR count). The lowest BCUT2D eigenvalue weighted by Gasteiger charge is -2.13. The second-order valence-corrected chi connectivity index (χ2v) is 8.39. The van der Waals surface area contributed by atoms with E-state index in [1.807, 2.05) is 19.1 Å². The van der Waals surface area contributed by atoms with Gasteiger partial charge in [-0.3, -0.25) is 4.79 Å². The molecule has 0 aliphatic rings. The molecule has 4 heteroatoms. The van der Waals surface area contributed by atoms with E-state index in [1.54, 1.807) is 0 Å². The molecule has 0 spiro atoms. The molecule has 0 N–H and O–H groups in total. The van der Waals surface area contributed by atoms with E-state index in [4.69, 9.17) is 14.2 Å². The Morgan fingerprint density at radius 2 is 1.42 bits per heavy atom. The number of hydrogen-bond donors (Lipinski definition) is 0. The number of esters is 1. The van der Waals surface area contributed by atoms with Gasteiger partial charge in [-0.1, -0.05) is 84.3 Å². The Bertz CT molecular complexity index is 541. The van der Waals surface area contributed by atoms with Crippen molar-refractivity contribution in [1.82, 2.24) is 0 Å². The Kier molecular flexibility index (Phi) is 17.0. The van der Waals surface area contributed by atoms with Crippen LogP contribution in [0.1, 0.15) is 97.0 Å². The molecule has 0 fully saturated rings. The predicted molar refractivity (Wildman–Crippen MR) is 129 cm³/mol. The van der Waals surface area contributed by atoms with Crippen LogP contribution in [0.15, 0.2) is 24.3 Å². The number of ether oxygens (including phenoxy) is 3. The highest BCUT2D eigenvalue weighted by atomic mass is 16.6. The van der Waals surface area contributed by atoms with E-state index < -0.39 is 0 Å². The number of rotatable bonds is 20. The summed E-state index contributed by atoms with van der Waals surface area (Å²) in [7, 11) is 0. The third kappa shape index (κ3) is 14.2. The minimum Gasteiger partial charge on any atom is -0.491 e. The van der Waals surface area contributed by atoms with Gasteiger partial charge in [0.2, 0.25) is 0 Å². The van der Waals surface area contributed by atoms with Gasteiger partial charge in [0.25, 0.3) is 0 Å².